The number of rotatable bonds is 3. The molecule has 0 atom stereocenters. The summed E-state index contributed by atoms with van der Waals surface area (Å²) in [5.41, 5.74) is 8.01. The van der Waals surface area contributed by atoms with Gasteiger partial charge in [0.2, 0.25) is 0 Å². The van der Waals surface area contributed by atoms with E-state index in [0.29, 0.717) is 10.4 Å². The first-order valence-electron chi connectivity index (χ1n) is 7.98. The number of hydrazine groups is 1. The molecule has 0 saturated carbocycles. The predicted octanol–water partition coefficient (Wildman–Crippen LogP) is 4.25. The Bertz CT molecular complexity index is 964. The van der Waals surface area contributed by atoms with Gasteiger partial charge in [-0.1, -0.05) is 29.8 Å². The average Bonchev–Trinajstić information content (AvgIpc) is 3.12. The molecule has 0 aliphatic heterocycles. The lowest BCUT2D eigenvalue weighted by Crippen LogP contribution is -2.41. The van der Waals surface area contributed by atoms with E-state index >= 15 is 0 Å². The lowest BCUT2D eigenvalue weighted by molar-refractivity contribution is 0.0848. The lowest BCUT2D eigenvalue weighted by atomic mass is 10.1. The summed E-state index contributed by atoms with van der Waals surface area (Å²) in [6.45, 7) is 3.74. The SMILES string of the molecule is Cc1ccc(C)c(C(=O)NNC(=O)c2ccc(-c3ccc(F)cc3)s2)c1. The van der Waals surface area contributed by atoms with E-state index in [2.05, 4.69) is 10.9 Å². The van der Waals surface area contributed by atoms with Crippen molar-refractivity contribution < 1.29 is 14.0 Å². The fourth-order valence-electron chi connectivity index (χ4n) is 2.45. The number of aryl methyl sites for hydroxylation is 2. The van der Waals surface area contributed by atoms with Gasteiger partial charge in [0.1, 0.15) is 5.82 Å². The van der Waals surface area contributed by atoms with Crippen molar-refractivity contribution in [1.82, 2.24) is 10.9 Å². The van der Waals surface area contributed by atoms with E-state index in [1.807, 2.05) is 26.0 Å². The van der Waals surface area contributed by atoms with Gasteiger partial charge in [-0.25, -0.2) is 4.39 Å². The number of carbonyl (C=O) groups is 2. The number of thiophene rings is 1. The molecule has 6 heteroatoms. The summed E-state index contributed by atoms with van der Waals surface area (Å²) in [4.78, 5) is 25.8. The highest BCUT2D eigenvalue weighted by Crippen LogP contribution is 2.28. The Kier molecular flexibility index (Phi) is 5.14. The van der Waals surface area contributed by atoms with Crippen molar-refractivity contribution in [1.29, 1.82) is 0 Å². The molecule has 26 heavy (non-hydrogen) atoms. The molecule has 4 nitrogen and oxygen atoms in total. The van der Waals surface area contributed by atoms with Crippen molar-refractivity contribution in [3.63, 3.8) is 0 Å². The summed E-state index contributed by atoms with van der Waals surface area (Å²) in [5, 5.41) is 0. The van der Waals surface area contributed by atoms with Crippen LogP contribution in [0.4, 0.5) is 4.39 Å². The Morgan fingerprint density at radius 2 is 1.58 bits per heavy atom. The molecule has 0 spiro atoms. The summed E-state index contributed by atoms with van der Waals surface area (Å²) in [6.07, 6.45) is 0. The Morgan fingerprint density at radius 3 is 2.31 bits per heavy atom. The minimum atomic E-state index is -0.401. The lowest BCUT2D eigenvalue weighted by Gasteiger charge is -2.09. The summed E-state index contributed by atoms with van der Waals surface area (Å²) < 4.78 is 13.0. The maximum atomic E-state index is 13.0. The molecule has 0 aliphatic carbocycles. The smallest absolute Gasteiger partial charge is 0.267 e. The van der Waals surface area contributed by atoms with Crippen molar-refractivity contribution in [2.45, 2.75) is 13.8 Å². The van der Waals surface area contributed by atoms with E-state index in [0.717, 1.165) is 21.6 Å². The highest BCUT2D eigenvalue weighted by atomic mass is 32.1. The van der Waals surface area contributed by atoms with Crippen LogP contribution in [0.25, 0.3) is 10.4 Å². The van der Waals surface area contributed by atoms with E-state index in [9.17, 15) is 14.0 Å². The van der Waals surface area contributed by atoms with E-state index in [4.69, 9.17) is 0 Å². The molecule has 0 saturated heterocycles. The zero-order valence-electron chi connectivity index (χ0n) is 14.3. The maximum Gasteiger partial charge on any atom is 0.279 e. The highest BCUT2D eigenvalue weighted by Gasteiger charge is 2.13. The standard InChI is InChI=1S/C20H17FN2O2S/c1-12-3-4-13(2)16(11-12)19(24)22-23-20(25)18-10-9-17(26-18)14-5-7-15(21)8-6-14/h3-11H,1-2H3,(H,22,24)(H,23,25). The molecule has 3 aromatic rings. The number of amides is 2. The van der Waals surface area contributed by atoms with Gasteiger partial charge in [0.25, 0.3) is 11.8 Å². The van der Waals surface area contributed by atoms with Crippen LogP contribution in [0.2, 0.25) is 0 Å². The van der Waals surface area contributed by atoms with Gasteiger partial charge in [0.15, 0.2) is 0 Å². The number of hydrogen-bond donors (Lipinski definition) is 2. The summed E-state index contributed by atoms with van der Waals surface area (Å²) in [7, 11) is 0. The van der Waals surface area contributed by atoms with Gasteiger partial charge in [-0.3, -0.25) is 20.4 Å². The van der Waals surface area contributed by atoms with Crippen molar-refractivity contribution in [2.75, 3.05) is 0 Å². The molecule has 2 N–H and O–H groups in total. The molecule has 0 bridgehead atoms. The first-order valence-corrected chi connectivity index (χ1v) is 8.79. The highest BCUT2D eigenvalue weighted by molar-refractivity contribution is 7.17. The largest absolute Gasteiger partial charge is 0.279 e. The Balaban J connectivity index is 1.66. The van der Waals surface area contributed by atoms with Crippen molar-refractivity contribution >= 4 is 23.2 Å². The third-order valence-corrected chi connectivity index (χ3v) is 5.02. The van der Waals surface area contributed by atoms with E-state index in [1.165, 1.54) is 23.5 Å². The van der Waals surface area contributed by atoms with E-state index in [-0.39, 0.29) is 11.7 Å². The van der Waals surface area contributed by atoms with Crippen LogP contribution in [0.1, 0.15) is 31.2 Å². The van der Waals surface area contributed by atoms with Gasteiger partial charge in [0, 0.05) is 10.4 Å². The molecular formula is C20H17FN2O2S. The molecule has 132 valence electrons. The second-order valence-electron chi connectivity index (χ2n) is 5.90. The molecule has 1 heterocycles. The van der Waals surface area contributed by atoms with Gasteiger partial charge in [-0.15, -0.1) is 11.3 Å². The molecule has 0 aliphatic rings. The maximum absolute atomic E-state index is 13.0. The second-order valence-corrected chi connectivity index (χ2v) is 6.98. The quantitative estimate of drug-likeness (QED) is 0.679. The first-order chi connectivity index (χ1) is 12.4. The van der Waals surface area contributed by atoms with Gasteiger partial charge < -0.3 is 0 Å². The van der Waals surface area contributed by atoms with Crippen molar-refractivity contribution in [3.8, 4) is 10.4 Å². The van der Waals surface area contributed by atoms with Crippen LogP contribution in [0.5, 0.6) is 0 Å². The minimum Gasteiger partial charge on any atom is -0.267 e. The van der Waals surface area contributed by atoms with Crippen LogP contribution < -0.4 is 10.9 Å². The van der Waals surface area contributed by atoms with Gasteiger partial charge >= 0.3 is 0 Å². The minimum absolute atomic E-state index is 0.308. The Morgan fingerprint density at radius 1 is 0.885 bits per heavy atom. The zero-order chi connectivity index (χ0) is 18.7. The predicted molar refractivity (Wildman–Crippen MR) is 101 cm³/mol. The van der Waals surface area contributed by atoms with E-state index in [1.54, 1.807) is 30.3 Å². The van der Waals surface area contributed by atoms with Gasteiger partial charge in [0.05, 0.1) is 4.88 Å². The molecule has 2 amide bonds. The zero-order valence-corrected chi connectivity index (χ0v) is 15.1. The molecule has 3 rings (SSSR count). The number of benzene rings is 2. The van der Waals surface area contributed by atoms with Crippen LogP contribution in [0.15, 0.2) is 54.6 Å². The van der Waals surface area contributed by atoms with Crippen molar-refractivity contribution in [3.05, 3.63) is 82.0 Å². The summed E-state index contributed by atoms with van der Waals surface area (Å²) >= 11 is 1.27. The number of hydrogen-bond acceptors (Lipinski definition) is 3. The number of carbonyl (C=O) groups excluding carboxylic acids is 2. The summed E-state index contributed by atoms with van der Waals surface area (Å²) in [5.74, 6) is -1.07. The van der Waals surface area contributed by atoms with Gasteiger partial charge in [-0.2, -0.15) is 0 Å². The molecule has 1 aromatic heterocycles. The third kappa shape index (κ3) is 3.97. The normalized spacial score (nSPS) is 10.4. The molecule has 0 fully saturated rings. The topological polar surface area (TPSA) is 58.2 Å². The van der Waals surface area contributed by atoms with Crippen LogP contribution in [-0.4, -0.2) is 11.8 Å². The van der Waals surface area contributed by atoms with Crippen LogP contribution in [0, 0.1) is 19.7 Å². The van der Waals surface area contributed by atoms with Gasteiger partial charge in [-0.05, 0) is 55.3 Å². The Hall–Kier alpha value is -2.99. The first kappa shape index (κ1) is 17.8. The fourth-order valence-corrected chi connectivity index (χ4v) is 3.36. The average molecular weight is 368 g/mol. The Labute approximate surface area is 154 Å². The molecule has 0 radical (unpaired) electrons. The molecule has 0 unspecified atom stereocenters. The molecule has 2 aromatic carbocycles. The summed E-state index contributed by atoms with van der Waals surface area (Å²) in [6, 6.07) is 15.1. The second kappa shape index (κ2) is 7.49. The van der Waals surface area contributed by atoms with Crippen molar-refractivity contribution in [2.24, 2.45) is 0 Å². The number of nitrogens with one attached hydrogen (secondary N) is 2. The van der Waals surface area contributed by atoms with E-state index < -0.39 is 5.91 Å². The molecular weight excluding hydrogens is 351 g/mol. The number of halogens is 1. The van der Waals surface area contributed by atoms with Crippen LogP contribution >= 0.6 is 11.3 Å². The third-order valence-electron chi connectivity index (χ3n) is 3.89. The fraction of sp³-hybridized carbons (Fsp3) is 0.100. The van der Waals surface area contributed by atoms with Crippen LogP contribution in [-0.2, 0) is 0 Å². The monoisotopic (exact) mass is 368 g/mol. The van der Waals surface area contributed by atoms with Crippen LogP contribution in [0.3, 0.4) is 0 Å².